The molecule has 1 aliphatic heterocycles. The molecule has 0 atom stereocenters. The molecule has 0 spiro atoms. The maximum atomic E-state index is 12.0. The first-order chi connectivity index (χ1) is 10.2. The van der Waals surface area contributed by atoms with Crippen LogP contribution in [0.1, 0.15) is 31.7 Å². The van der Waals surface area contributed by atoms with Gasteiger partial charge in [0, 0.05) is 19.6 Å². The molecule has 114 valence electrons. The maximum Gasteiger partial charge on any atom is 0.311 e. The standard InChI is InChI=1S/C17H24N2O2/c1-2-10-18-16(20)17(21)19-11-8-15(9-12-19)13-14-6-4-3-5-7-14/h3-7,15H,2,8-13H2,1H3,(H,18,20). The van der Waals surface area contributed by atoms with E-state index in [4.69, 9.17) is 0 Å². The van der Waals surface area contributed by atoms with Gasteiger partial charge in [0.25, 0.3) is 0 Å². The first-order valence-electron chi connectivity index (χ1n) is 7.81. The van der Waals surface area contributed by atoms with Crippen molar-refractivity contribution in [1.29, 1.82) is 0 Å². The lowest BCUT2D eigenvalue weighted by Gasteiger charge is -2.31. The zero-order chi connectivity index (χ0) is 15.1. The molecule has 1 fully saturated rings. The number of hydrogen-bond donors (Lipinski definition) is 1. The molecular weight excluding hydrogens is 264 g/mol. The fourth-order valence-electron chi connectivity index (χ4n) is 2.75. The first-order valence-corrected chi connectivity index (χ1v) is 7.81. The van der Waals surface area contributed by atoms with E-state index in [2.05, 4.69) is 29.6 Å². The highest BCUT2D eigenvalue weighted by atomic mass is 16.2. The molecule has 0 aromatic heterocycles. The summed E-state index contributed by atoms with van der Waals surface area (Å²) < 4.78 is 0. The SMILES string of the molecule is CCCNC(=O)C(=O)N1CCC(Cc2ccccc2)CC1. The van der Waals surface area contributed by atoms with Gasteiger partial charge >= 0.3 is 11.8 Å². The van der Waals surface area contributed by atoms with Crippen LogP contribution < -0.4 is 5.32 Å². The maximum absolute atomic E-state index is 12.0. The molecule has 0 saturated carbocycles. The number of hydrogen-bond acceptors (Lipinski definition) is 2. The number of carbonyl (C=O) groups is 2. The number of piperidine rings is 1. The number of likely N-dealkylation sites (tertiary alicyclic amines) is 1. The molecule has 0 aliphatic carbocycles. The number of nitrogens with one attached hydrogen (secondary N) is 1. The normalized spacial score (nSPS) is 15.8. The van der Waals surface area contributed by atoms with Gasteiger partial charge in [-0.1, -0.05) is 37.3 Å². The largest absolute Gasteiger partial charge is 0.348 e. The highest BCUT2D eigenvalue weighted by molar-refractivity contribution is 6.35. The van der Waals surface area contributed by atoms with E-state index in [1.807, 2.05) is 13.0 Å². The van der Waals surface area contributed by atoms with E-state index in [1.54, 1.807) is 4.90 Å². The molecule has 1 aromatic carbocycles. The van der Waals surface area contributed by atoms with Crippen molar-refractivity contribution < 1.29 is 9.59 Å². The highest BCUT2D eigenvalue weighted by Gasteiger charge is 2.26. The second-order valence-corrected chi connectivity index (χ2v) is 5.68. The molecular formula is C17H24N2O2. The molecule has 21 heavy (non-hydrogen) atoms. The van der Waals surface area contributed by atoms with Crippen LogP contribution >= 0.6 is 0 Å². The Bertz CT molecular complexity index is 465. The van der Waals surface area contributed by atoms with Crippen LogP contribution in [-0.2, 0) is 16.0 Å². The minimum atomic E-state index is -0.460. The molecule has 1 N–H and O–H groups in total. The van der Waals surface area contributed by atoms with Gasteiger partial charge < -0.3 is 10.2 Å². The summed E-state index contributed by atoms with van der Waals surface area (Å²) in [6.45, 7) is 3.92. The number of nitrogens with zero attached hydrogens (tertiary/aromatic N) is 1. The van der Waals surface area contributed by atoms with E-state index in [1.165, 1.54) is 5.56 Å². The Morgan fingerprint density at radius 2 is 1.86 bits per heavy atom. The average Bonchev–Trinajstić information content (AvgIpc) is 2.53. The van der Waals surface area contributed by atoms with Crippen molar-refractivity contribution in [2.75, 3.05) is 19.6 Å². The van der Waals surface area contributed by atoms with Gasteiger partial charge in [-0.25, -0.2) is 0 Å². The smallest absolute Gasteiger partial charge is 0.311 e. The van der Waals surface area contributed by atoms with Crippen molar-refractivity contribution in [2.24, 2.45) is 5.92 Å². The molecule has 4 heteroatoms. The van der Waals surface area contributed by atoms with E-state index in [9.17, 15) is 9.59 Å². The summed E-state index contributed by atoms with van der Waals surface area (Å²) in [5, 5.41) is 2.65. The molecule has 1 aromatic rings. The van der Waals surface area contributed by atoms with Crippen molar-refractivity contribution in [2.45, 2.75) is 32.6 Å². The quantitative estimate of drug-likeness (QED) is 0.861. The molecule has 4 nitrogen and oxygen atoms in total. The molecule has 2 rings (SSSR count). The van der Waals surface area contributed by atoms with Crippen molar-refractivity contribution >= 4 is 11.8 Å². The molecule has 0 bridgehead atoms. The van der Waals surface area contributed by atoms with E-state index in [0.29, 0.717) is 25.6 Å². The molecule has 0 radical (unpaired) electrons. The van der Waals surface area contributed by atoms with Gasteiger partial charge in [0.15, 0.2) is 0 Å². The summed E-state index contributed by atoms with van der Waals surface area (Å²) in [7, 11) is 0. The summed E-state index contributed by atoms with van der Waals surface area (Å²) >= 11 is 0. The third-order valence-electron chi connectivity index (χ3n) is 4.00. The number of rotatable bonds is 4. The van der Waals surface area contributed by atoms with Gasteiger partial charge in [-0.2, -0.15) is 0 Å². The van der Waals surface area contributed by atoms with Gasteiger partial charge in [-0.05, 0) is 37.2 Å². The number of benzene rings is 1. The summed E-state index contributed by atoms with van der Waals surface area (Å²) in [4.78, 5) is 25.3. The zero-order valence-electron chi connectivity index (χ0n) is 12.7. The number of carbonyl (C=O) groups excluding carboxylic acids is 2. The van der Waals surface area contributed by atoms with Gasteiger partial charge in [-0.3, -0.25) is 9.59 Å². The van der Waals surface area contributed by atoms with Crippen LogP contribution in [-0.4, -0.2) is 36.3 Å². The van der Waals surface area contributed by atoms with Crippen LogP contribution in [0.3, 0.4) is 0 Å². The van der Waals surface area contributed by atoms with Gasteiger partial charge in [0.05, 0.1) is 0 Å². The van der Waals surface area contributed by atoms with Crippen LogP contribution in [0.15, 0.2) is 30.3 Å². The van der Waals surface area contributed by atoms with E-state index in [-0.39, 0.29) is 5.91 Å². The predicted molar refractivity (Wildman–Crippen MR) is 82.8 cm³/mol. The lowest BCUT2D eigenvalue weighted by atomic mass is 9.90. The third-order valence-corrected chi connectivity index (χ3v) is 4.00. The molecule has 0 unspecified atom stereocenters. The number of amides is 2. The predicted octanol–water partition coefficient (Wildman–Crippen LogP) is 1.99. The average molecular weight is 288 g/mol. The second kappa shape index (κ2) is 7.81. The van der Waals surface area contributed by atoms with Crippen LogP contribution in [0.2, 0.25) is 0 Å². The Morgan fingerprint density at radius 3 is 2.48 bits per heavy atom. The molecule has 2 amide bonds. The summed E-state index contributed by atoms with van der Waals surface area (Å²) in [5.41, 5.74) is 1.35. The topological polar surface area (TPSA) is 49.4 Å². The minimum absolute atomic E-state index is 0.374. The zero-order valence-corrected chi connectivity index (χ0v) is 12.7. The molecule has 1 heterocycles. The van der Waals surface area contributed by atoms with Crippen molar-refractivity contribution in [3.8, 4) is 0 Å². The van der Waals surface area contributed by atoms with Crippen molar-refractivity contribution in [1.82, 2.24) is 10.2 Å². The van der Waals surface area contributed by atoms with Crippen LogP contribution in [0.5, 0.6) is 0 Å². The summed E-state index contributed by atoms with van der Waals surface area (Å²) in [5.74, 6) is -0.227. The Hall–Kier alpha value is -1.84. The second-order valence-electron chi connectivity index (χ2n) is 5.68. The van der Waals surface area contributed by atoms with Crippen molar-refractivity contribution in [3.05, 3.63) is 35.9 Å². The fourth-order valence-corrected chi connectivity index (χ4v) is 2.75. The Balaban J connectivity index is 1.77. The lowest BCUT2D eigenvalue weighted by molar-refractivity contribution is -0.146. The molecule has 1 aliphatic rings. The Labute approximate surface area is 126 Å². The van der Waals surface area contributed by atoms with Crippen molar-refractivity contribution in [3.63, 3.8) is 0 Å². The molecule has 1 saturated heterocycles. The van der Waals surface area contributed by atoms with E-state index < -0.39 is 5.91 Å². The summed E-state index contributed by atoms with van der Waals surface area (Å²) in [6.07, 6.45) is 3.85. The minimum Gasteiger partial charge on any atom is -0.348 e. The van der Waals surface area contributed by atoms with Gasteiger partial charge in [0.1, 0.15) is 0 Å². The van der Waals surface area contributed by atoms with E-state index in [0.717, 1.165) is 25.7 Å². The van der Waals surface area contributed by atoms with E-state index >= 15 is 0 Å². The Kier molecular flexibility index (Phi) is 5.78. The van der Waals surface area contributed by atoms with Gasteiger partial charge in [-0.15, -0.1) is 0 Å². The van der Waals surface area contributed by atoms with Gasteiger partial charge in [0.2, 0.25) is 0 Å². The highest BCUT2D eigenvalue weighted by Crippen LogP contribution is 2.21. The monoisotopic (exact) mass is 288 g/mol. The van der Waals surface area contributed by atoms with Crippen LogP contribution in [0, 0.1) is 5.92 Å². The summed E-state index contributed by atoms with van der Waals surface area (Å²) in [6, 6.07) is 10.4. The van der Waals surface area contributed by atoms with Crippen LogP contribution in [0.4, 0.5) is 0 Å². The van der Waals surface area contributed by atoms with Crippen LogP contribution in [0.25, 0.3) is 0 Å². The first kappa shape index (κ1) is 15.5. The lowest BCUT2D eigenvalue weighted by Crippen LogP contribution is -2.46. The third kappa shape index (κ3) is 4.59. The Morgan fingerprint density at radius 1 is 1.19 bits per heavy atom. The fraction of sp³-hybridized carbons (Fsp3) is 0.529.